The molecule has 132 valence electrons. The molecule has 0 aliphatic heterocycles. The number of ketones is 1. The van der Waals surface area contributed by atoms with E-state index in [-0.39, 0.29) is 23.3 Å². The number of nitrogens with zero attached hydrogens (tertiary/aromatic N) is 1. The van der Waals surface area contributed by atoms with E-state index in [0.717, 1.165) is 6.42 Å². The van der Waals surface area contributed by atoms with Crippen LogP contribution in [0.25, 0.3) is 5.76 Å². The molecule has 24 heavy (non-hydrogen) atoms. The average Bonchev–Trinajstić information content (AvgIpc) is 2.52. The lowest BCUT2D eigenvalue weighted by molar-refractivity contribution is -0.115. The Hall–Kier alpha value is -2.31. The minimum absolute atomic E-state index is 0.0387. The van der Waals surface area contributed by atoms with Gasteiger partial charge in [0, 0.05) is 17.3 Å². The maximum Gasteiger partial charge on any atom is 0.405 e. The van der Waals surface area contributed by atoms with Crippen molar-refractivity contribution in [3.8, 4) is 0 Å². The van der Waals surface area contributed by atoms with Gasteiger partial charge in [0.2, 0.25) is 0 Å². The number of anilines is 1. The molecule has 1 heterocycles. The molecule has 0 saturated heterocycles. The Morgan fingerprint density at radius 1 is 1.50 bits per heavy atom. The highest BCUT2D eigenvalue weighted by Gasteiger charge is 2.26. The summed E-state index contributed by atoms with van der Waals surface area (Å²) in [6, 6.07) is 2.96. The van der Waals surface area contributed by atoms with Gasteiger partial charge in [-0.25, -0.2) is 4.98 Å². The number of aromatic nitrogens is 1. The fourth-order valence-corrected chi connectivity index (χ4v) is 1.86. The number of ether oxygens (including phenoxy) is 1. The van der Waals surface area contributed by atoms with Crippen molar-refractivity contribution in [1.29, 1.82) is 0 Å². The number of alkyl halides is 3. The van der Waals surface area contributed by atoms with Crippen molar-refractivity contribution < 1.29 is 22.7 Å². The predicted molar refractivity (Wildman–Crippen MR) is 87.1 cm³/mol. The number of carbonyl (C=O) groups excluding carboxylic acids is 1. The largest absolute Gasteiger partial charge is 0.465 e. The Morgan fingerprint density at radius 2 is 2.17 bits per heavy atom. The molecule has 0 aliphatic carbocycles. The molecule has 0 aromatic carbocycles. The van der Waals surface area contributed by atoms with E-state index in [0.29, 0.717) is 11.1 Å². The van der Waals surface area contributed by atoms with Crippen molar-refractivity contribution in [3.05, 3.63) is 42.3 Å². The van der Waals surface area contributed by atoms with Gasteiger partial charge in [0.1, 0.15) is 18.1 Å². The number of hydrogen-bond donors (Lipinski definition) is 1. The first-order chi connectivity index (χ1) is 11.1. The van der Waals surface area contributed by atoms with E-state index < -0.39 is 12.7 Å². The van der Waals surface area contributed by atoms with Gasteiger partial charge in [-0.05, 0) is 31.4 Å². The Labute approximate surface area is 139 Å². The van der Waals surface area contributed by atoms with Gasteiger partial charge >= 0.3 is 6.18 Å². The Morgan fingerprint density at radius 3 is 2.71 bits per heavy atom. The molecule has 1 aromatic heterocycles. The van der Waals surface area contributed by atoms with Gasteiger partial charge in [0.15, 0.2) is 5.78 Å². The van der Waals surface area contributed by atoms with Gasteiger partial charge < -0.3 is 10.1 Å². The van der Waals surface area contributed by atoms with Crippen molar-refractivity contribution in [3.63, 3.8) is 0 Å². The lowest BCUT2D eigenvalue weighted by Crippen LogP contribution is -2.21. The zero-order valence-electron chi connectivity index (χ0n) is 13.9. The zero-order valence-corrected chi connectivity index (χ0v) is 13.9. The molecular weight excluding hydrogens is 321 g/mol. The molecular formula is C17H21F3N2O2. The highest BCUT2D eigenvalue weighted by molar-refractivity contribution is 5.93. The summed E-state index contributed by atoms with van der Waals surface area (Å²) in [5, 5.41) is 2.19. The van der Waals surface area contributed by atoms with Gasteiger partial charge in [-0.15, -0.1) is 0 Å². The third kappa shape index (κ3) is 6.44. The van der Waals surface area contributed by atoms with Crippen molar-refractivity contribution >= 4 is 17.4 Å². The van der Waals surface area contributed by atoms with Crippen molar-refractivity contribution in [2.24, 2.45) is 5.92 Å². The standard InChI is InChI=1S/C17H21F3N2O2/c1-5-11(2)15(12(3)23)9-24-13(4)14-6-7-21-16(8-14)22-10-17(18,19)20/h6-9,11H,4-5,10H2,1-3H3,(H,21,22)/b15-9+. The van der Waals surface area contributed by atoms with Crippen molar-refractivity contribution in [2.75, 3.05) is 11.9 Å². The summed E-state index contributed by atoms with van der Waals surface area (Å²) in [7, 11) is 0. The molecule has 0 spiro atoms. The highest BCUT2D eigenvalue weighted by Crippen LogP contribution is 2.21. The van der Waals surface area contributed by atoms with Crippen LogP contribution in [0.15, 0.2) is 36.7 Å². The molecule has 1 N–H and O–H groups in total. The van der Waals surface area contributed by atoms with Crippen LogP contribution in [0.4, 0.5) is 19.0 Å². The van der Waals surface area contributed by atoms with Gasteiger partial charge in [0.25, 0.3) is 0 Å². The summed E-state index contributed by atoms with van der Waals surface area (Å²) in [6.45, 7) is 7.87. The summed E-state index contributed by atoms with van der Waals surface area (Å²) in [5.41, 5.74) is 1.00. The van der Waals surface area contributed by atoms with E-state index >= 15 is 0 Å². The molecule has 0 radical (unpaired) electrons. The third-order valence-electron chi connectivity index (χ3n) is 3.43. The molecule has 7 heteroatoms. The Kier molecular flexibility index (Phi) is 7.00. The van der Waals surface area contributed by atoms with E-state index in [9.17, 15) is 18.0 Å². The van der Waals surface area contributed by atoms with Crippen molar-refractivity contribution in [2.45, 2.75) is 33.4 Å². The Balaban J connectivity index is 2.82. The van der Waals surface area contributed by atoms with Crippen LogP contribution in [0, 0.1) is 5.92 Å². The monoisotopic (exact) mass is 342 g/mol. The Bertz CT molecular complexity index is 625. The molecule has 0 fully saturated rings. The highest BCUT2D eigenvalue weighted by atomic mass is 19.4. The molecule has 0 aliphatic rings. The van der Waals surface area contributed by atoms with Crippen LogP contribution in [-0.4, -0.2) is 23.5 Å². The topological polar surface area (TPSA) is 51.2 Å². The second-order valence-corrected chi connectivity index (χ2v) is 5.38. The number of hydrogen-bond acceptors (Lipinski definition) is 4. The lowest BCUT2D eigenvalue weighted by atomic mass is 9.97. The summed E-state index contributed by atoms with van der Waals surface area (Å²) in [6.07, 6.45) is -0.850. The van der Waals surface area contributed by atoms with Crippen LogP contribution in [0.5, 0.6) is 0 Å². The van der Waals surface area contributed by atoms with Crippen LogP contribution in [0.2, 0.25) is 0 Å². The first-order valence-electron chi connectivity index (χ1n) is 7.47. The van der Waals surface area contributed by atoms with Gasteiger partial charge in [-0.3, -0.25) is 4.79 Å². The first kappa shape index (κ1) is 19.7. The molecule has 1 unspecified atom stereocenters. The van der Waals surface area contributed by atoms with Crippen molar-refractivity contribution in [1.82, 2.24) is 4.98 Å². The summed E-state index contributed by atoms with van der Waals surface area (Å²) < 4.78 is 42.1. The number of halogens is 3. The molecule has 4 nitrogen and oxygen atoms in total. The van der Waals surface area contributed by atoms with Crippen LogP contribution in [0.1, 0.15) is 32.8 Å². The normalized spacial score (nSPS) is 13.3. The molecule has 1 aromatic rings. The number of pyridine rings is 1. The smallest absolute Gasteiger partial charge is 0.405 e. The second kappa shape index (κ2) is 8.52. The van der Waals surface area contributed by atoms with E-state index in [1.165, 1.54) is 25.4 Å². The summed E-state index contributed by atoms with van der Waals surface area (Å²) in [4.78, 5) is 15.4. The van der Waals surface area contributed by atoms with Gasteiger partial charge in [-0.2, -0.15) is 13.2 Å². The number of rotatable bonds is 8. The third-order valence-corrected chi connectivity index (χ3v) is 3.43. The van der Waals surface area contributed by atoms with Gasteiger partial charge in [-0.1, -0.05) is 20.4 Å². The van der Waals surface area contributed by atoms with Crippen LogP contribution in [0.3, 0.4) is 0 Å². The SMILES string of the molecule is C=C(O/C=C(/C(C)=O)C(C)CC)c1ccnc(NCC(F)(F)F)c1. The summed E-state index contributed by atoms with van der Waals surface area (Å²) in [5.74, 6) is 0.220. The second-order valence-electron chi connectivity index (χ2n) is 5.38. The average molecular weight is 342 g/mol. The minimum atomic E-state index is -4.33. The maximum absolute atomic E-state index is 12.2. The summed E-state index contributed by atoms with van der Waals surface area (Å²) >= 11 is 0. The van der Waals surface area contributed by atoms with E-state index in [1.807, 2.05) is 13.8 Å². The lowest BCUT2D eigenvalue weighted by Gasteiger charge is -2.13. The number of carbonyl (C=O) groups is 1. The van der Waals surface area contributed by atoms with E-state index in [1.54, 1.807) is 6.07 Å². The maximum atomic E-state index is 12.2. The van der Waals surface area contributed by atoms with Crippen LogP contribution < -0.4 is 5.32 Å². The molecule has 0 saturated carbocycles. The molecule has 0 amide bonds. The number of nitrogens with one attached hydrogen (secondary N) is 1. The van der Waals surface area contributed by atoms with E-state index in [2.05, 4.69) is 16.9 Å². The number of allylic oxidation sites excluding steroid dienone is 1. The quantitative estimate of drug-likeness (QED) is 0.556. The first-order valence-corrected chi connectivity index (χ1v) is 7.47. The van der Waals surface area contributed by atoms with Crippen LogP contribution in [-0.2, 0) is 9.53 Å². The molecule has 0 bridgehead atoms. The zero-order chi connectivity index (χ0) is 18.3. The minimum Gasteiger partial charge on any atom is -0.465 e. The number of Topliss-reactive ketones (excluding diaryl/α,β-unsaturated/α-hetero) is 1. The molecule has 1 rings (SSSR count). The van der Waals surface area contributed by atoms with Crippen LogP contribution >= 0.6 is 0 Å². The fraction of sp³-hybridized carbons (Fsp3) is 0.412. The predicted octanol–water partition coefficient (Wildman–Crippen LogP) is 4.56. The fourth-order valence-electron chi connectivity index (χ4n) is 1.86. The van der Waals surface area contributed by atoms with E-state index in [4.69, 9.17) is 4.74 Å². The molecule has 1 atom stereocenters. The van der Waals surface area contributed by atoms with Gasteiger partial charge in [0.05, 0.1) is 6.26 Å².